The molecule has 4 nitrogen and oxygen atoms in total. The van der Waals surface area contributed by atoms with Crippen molar-refractivity contribution in [2.45, 2.75) is 32.6 Å². The zero-order valence-electron chi connectivity index (χ0n) is 11.0. The molecule has 1 saturated heterocycles. The topological polar surface area (TPSA) is 53.6 Å². The van der Waals surface area contributed by atoms with Gasteiger partial charge in [-0.05, 0) is 52.2 Å². The van der Waals surface area contributed by atoms with Gasteiger partial charge in [0.15, 0.2) is 5.96 Å². The molecule has 0 bridgehead atoms. The lowest BCUT2D eigenvalue weighted by Gasteiger charge is -2.14. The third-order valence-corrected chi connectivity index (χ3v) is 2.93. The standard InChI is InChI=1S/C13H26N4/c1-12(2)11-16-13(14)15-7-3-4-8-17-9-5-6-10-17/h1,3-11H2,2H3,(H3,14,15,16). The molecule has 0 aromatic rings. The number of aliphatic imine (C=N–C) groups is 1. The average Bonchev–Trinajstić information content (AvgIpc) is 2.79. The Morgan fingerprint density at radius 3 is 2.71 bits per heavy atom. The van der Waals surface area contributed by atoms with E-state index in [9.17, 15) is 0 Å². The van der Waals surface area contributed by atoms with Crippen molar-refractivity contribution in [2.75, 3.05) is 32.7 Å². The van der Waals surface area contributed by atoms with Crippen LogP contribution in [0.1, 0.15) is 32.6 Å². The van der Waals surface area contributed by atoms with Crippen LogP contribution < -0.4 is 11.1 Å². The Morgan fingerprint density at radius 2 is 2.06 bits per heavy atom. The first-order chi connectivity index (χ1) is 8.18. The molecule has 4 heteroatoms. The van der Waals surface area contributed by atoms with E-state index in [0.29, 0.717) is 12.5 Å². The molecular weight excluding hydrogens is 212 g/mol. The summed E-state index contributed by atoms with van der Waals surface area (Å²) in [6.07, 6.45) is 5.14. The lowest BCUT2D eigenvalue weighted by atomic mass is 10.3. The maximum Gasteiger partial charge on any atom is 0.188 e. The van der Waals surface area contributed by atoms with Crippen molar-refractivity contribution in [1.29, 1.82) is 0 Å². The van der Waals surface area contributed by atoms with Crippen LogP contribution in [0.3, 0.4) is 0 Å². The number of hydrogen-bond acceptors (Lipinski definition) is 2. The first kappa shape index (κ1) is 14.0. The van der Waals surface area contributed by atoms with Crippen molar-refractivity contribution in [1.82, 2.24) is 10.2 Å². The third kappa shape index (κ3) is 7.00. The summed E-state index contributed by atoms with van der Waals surface area (Å²) in [7, 11) is 0. The molecule has 1 heterocycles. The van der Waals surface area contributed by atoms with Crippen LogP contribution in [0, 0.1) is 0 Å². The molecule has 0 atom stereocenters. The number of guanidine groups is 1. The first-order valence-electron chi connectivity index (χ1n) is 6.59. The summed E-state index contributed by atoms with van der Waals surface area (Å²) in [5.41, 5.74) is 6.75. The van der Waals surface area contributed by atoms with Crippen LogP contribution in [0.2, 0.25) is 0 Å². The summed E-state index contributed by atoms with van der Waals surface area (Å²) in [4.78, 5) is 6.71. The Labute approximate surface area is 105 Å². The maximum absolute atomic E-state index is 5.71. The minimum atomic E-state index is 0.536. The molecule has 1 aliphatic heterocycles. The van der Waals surface area contributed by atoms with Crippen molar-refractivity contribution in [3.63, 3.8) is 0 Å². The van der Waals surface area contributed by atoms with E-state index in [2.05, 4.69) is 21.8 Å². The van der Waals surface area contributed by atoms with Gasteiger partial charge in [-0.25, -0.2) is 4.99 Å². The molecule has 0 aromatic heterocycles. The van der Waals surface area contributed by atoms with E-state index in [-0.39, 0.29) is 0 Å². The van der Waals surface area contributed by atoms with E-state index in [1.165, 1.54) is 38.9 Å². The van der Waals surface area contributed by atoms with Crippen molar-refractivity contribution >= 4 is 5.96 Å². The van der Waals surface area contributed by atoms with Crippen LogP contribution in [0.15, 0.2) is 17.1 Å². The molecule has 0 amide bonds. The maximum atomic E-state index is 5.71. The molecule has 98 valence electrons. The summed E-state index contributed by atoms with van der Waals surface area (Å²) in [5, 5.41) is 3.13. The minimum absolute atomic E-state index is 0.536. The average molecular weight is 238 g/mol. The molecule has 1 aliphatic rings. The molecule has 1 rings (SSSR count). The number of hydrogen-bond donors (Lipinski definition) is 2. The minimum Gasteiger partial charge on any atom is -0.370 e. The summed E-state index contributed by atoms with van der Waals surface area (Å²) in [6.45, 7) is 11.1. The molecule has 0 aliphatic carbocycles. The highest BCUT2D eigenvalue weighted by atomic mass is 15.1. The fraction of sp³-hybridized carbons (Fsp3) is 0.769. The molecular formula is C13H26N4. The van der Waals surface area contributed by atoms with Gasteiger partial charge >= 0.3 is 0 Å². The van der Waals surface area contributed by atoms with Crippen LogP contribution in [-0.2, 0) is 0 Å². The van der Waals surface area contributed by atoms with Gasteiger partial charge in [0, 0.05) is 6.54 Å². The molecule has 0 saturated carbocycles. The van der Waals surface area contributed by atoms with E-state index < -0.39 is 0 Å². The van der Waals surface area contributed by atoms with Crippen LogP contribution >= 0.6 is 0 Å². The number of likely N-dealkylation sites (tertiary alicyclic amines) is 1. The first-order valence-corrected chi connectivity index (χ1v) is 6.59. The number of nitrogens with two attached hydrogens (primary N) is 1. The monoisotopic (exact) mass is 238 g/mol. The van der Waals surface area contributed by atoms with Crippen molar-refractivity contribution < 1.29 is 0 Å². The number of unbranched alkanes of at least 4 members (excludes halogenated alkanes) is 1. The van der Waals surface area contributed by atoms with Gasteiger partial charge in [-0.1, -0.05) is 12.2 Å². The molecule has 0 radical (unpaired) electrons. The molecule has 0 aromatic carbocycles. The van der Waals surface area contributed by atoms with E-state index in [4.69, 9.17) is 5.73 Å². The number of nitrogens with zero attached hydrogens (tertiary/aromatic N) is 2. The zero-order chi connectivity index (χ0) is 12.5. The lowest BCUT2D eigenvalue weighted by molar-refractivity contribution is 0.330. The second kappa shape index (κ2) is 8.12. The van der Waals surface area contributed by atoms with E-state index >= 15 is 0 Å². The Morgan fingerprint density at radius 1 is 1.35 bits per heavy atom. The summed E-state index contributed by atoms with van der Waals surface area (Å²) in [5.74, 6) is 0.536. The van der Waals surface area contributed by atoms with Gasteiger partial charge in [0.1, 0.15) is 0 Å². The highest BCUT2D eigenvalue weighted by Gasteiger charge is 2.09. The van der Waals surface area contributed by atoms with Gasteiger partial charge in [-0.3, -0.25) is 0 Å². The largest absolute Gasteiger partial charge is 0.370 e. The van der Waals surface area contributed by atoms with Gasteiger partial charge in [-0.2, -0.15) is 0 Å². The third-order valence-electron chi connectivity index (χ3n) is 2.93. The van der Waals surface area contributed by atoms with Crippen molar-refractivity contribution in [2.24, 2.45) is 10.7 Å². The van der Waals surface area contributed by atoms with Gasteiger partial charge in [0.2, 0.25) is 0 Å². The molecule has 17 heavy (non-hydrogen) atoms. The highest BCUT2D eigenvalue weighted by molar-refractivity contribution is 5.77. The van der Waals surface area contributed by atoms with Gasteiger partial charge in [0.05, 0.1) is 6.54 Å². The van der Waals surface area contributed by atoms with E-state index in [0.717, 1.165) is 18.5 Å². The van der Waals surface area contributed by atoms with Gasteiger partial charge in [0.25, 0.3) is 0 Å². The van der Waals surface area contributed by atoms with Crippen LogP contribution in [0.25, 0.3) is 0 Å². The lowest BCUT2D eigenvalue weighted by Crippen LogP contribution is -2.33. The summed E-state index contributed by atoms with van der Waals surface area (Å²) in [6, 6.07) is 0. The van der Waals surface area contributed by atoms with Crippen LogP contribution in [0.4, 0.5) is 0 Å². The van der Waals surface area contributed by atoms with E-state index in [1.807, 2.05) is 6.92 Å². The second-order valence-electron chi connectivity index (χ2n) is 4.84. The quantitative estimate of drug-likeness (QED) is 0.305. The Kier molecular flexibility index (Phi) is 6.70. The summed E-state index contributed by atoms with van der Waals surface area (Å²) >= 11 is 0. The number of nitrogens with one attached hydrogen (secondary N) is 1. The molecule has 0 spiro atoms. The molecule has 3 N–H and O–H groups in total. The fourth-order valence-corrected chi connectivity index (χ4v) is 1.96. The van der Waals surface area contributed by atoms with Crippen LogP contribution in [0.5, 0.6) is 0 Å². The van der Waals surface area contributed by atoms with E-state index in [1.54, 1.807) is 0 Å². The fourth-order valence-electron chi connectivity index (χ4n) is 1.96. The smallest absolute Gasteiger partial charge is 0.188 e. The number of rotatable bonds is 7. The predicted molar refractivity (Wildman–Crippen MR) is 74.2 cm³/mol. The van der Waals surface area contributed by atoms with Gasteiger partial charge < -0.3 is 16.0 Å². The highest BCUT2D eigenvalue weighted by Crippen LogP contribution is 2.07. The van der Waals surface area contributed by atoms with Crippen molar-refractivity contribution in [3.05, 3.63) is 12.2 Å². The normalized spacial score (nSPS) is 17.4. The zero-order valence-corrected chi connectivity index (χ0v) is 11.0. The van der Waals surface area contributed by atoms with Gasteiger partial charge in [-0.15, -0.1) is 0 Å². The Balaban J connectivity index is 1.95. The molecule has 1 fully saturated rings. The van der Waals surface area contributed by atoms with Crippen molar-refractivity contribution in [3.8, 4) is 0 Å². The Bertz CT molecular complexity index is 254. The molecule has 0 unspecified atom stereocenters. The summed E-state index contributed by atoms with van der Waals surface area (Å²) < 4.78 is 0. The second-order valence-corrected chi connectivity index (χ2v) is 4.84. The van der Waals surface area contributed by atoms with Crippen LogP contribution in [-0.4, -0.2) is 43.6 Å². The predicted octanol–water partition coefficient (Wildman–Crippen LogP) is 1.34. The Hall–Kier alpha value is -1.03. The SMILES string of the molecule is C=C(C)CN=C(N)NCCCCN1CCCC1.